The van der Waals surface area contributed by atoms with Crippen molar-refractivity contribution in [2.24, 2.45) is 5.92 Å². The average molecular weight is 297 g/mol. The van der Waals surface area contributed by atoms with Crippen LogP contribution in [0.3, 0.4) is 0 Å². The number of sulfonamides is 1. The van der Waals surface area contributed by atoms with E-state index in [-0.39, 0.29) is 4.90 Å². The predicted molar refractivity (Wildman–Crippen MR) is 80.2 cm³/mol. The van der Waals surface area contributed by atoms with Gasteiger partial charge < -0.3 is 5.32 Å². The summed E-state index contributed by atoms with van der Waals surface area (Å²) in [6.45, 7) is 3.39. The fourth-order valence-electron chi connectivity index (χ4n) is 2.71. The lowest BCUT2D eigenvalue weighted by atomic mass is 9.98. The monoisotopic (exact) mass is 297 g/mol. The number of nitrogens with one attached hydrogen (secondary N) is 1. The molecule has 20 heavy (non-hydrogen) atoms. The molecule has 1 fully saturated rings. The number of hydrogen-bond acceptors (Lipinski definition) is 4. The second kappa shape index (κ2) is 6.54. The first-order chi connectivity index (χ1) is 9.59. The molecule has 0 amide bonds. The lowest BCUT2D eigenvalue weighted by molar-refractivity contribution is 0.407. The summed E-state index contributed by atoms with van der Waals surface area (Å²) in [5.74, 6) is 1.07. The van der Waals surface area contributed by atoms with Gasteiger partial charge in [-0.05, 0) is 37.3 Å². The normalized spacial score (nSPS) is 21.4. The third-order valence-electron chi connectivity index (χ3n) is 4.01. The Morgan fingerprint density at radius 3 is 2.90 bits per heavy atom. The highest BCUT2D eigenvalue weighted by molar-refractivity contribution is 7.89. The number of hydrogen-bond donors (Lipinski definition) is 1. The van der Waals surface area contributed by atoms with Gasteiger partial charge in [-0.1, -0.05) is 13.3 Å². The van der Waals surface area contributed by atoms with E-state index in [9.17, 15) is 8.42 Å². The Morgan fingerprint density at radius 1 is 1.40 bits per heavy atom. The Bertz CT molecular complexity index is 545. The zero-order valence-corrected chi connectivity index (χ0v) is 13.0. The zero-order valence-electron chi connectivity index (χ0n) is 12.2. The molecule has 1 unspecified atom stereocenters. The highest BCUT2D eigenvalue weighted by atomic mass is 32.2. The average Bonchev–Trinajstić information content (AvgIpc) is 2.73. The summed E-state index contributed by atoms with van der Waals surface area (Å²) in [7, 11) is -1.76. The fraction of sp³-hybridized carbons (Fsp3) is 0.643. The van der Waals surface area contributed by atoms with E-state index in [2.05, 4.69) is 17.2 Å². The second-order valence-corrected chi connectivity index (χ2v) is 7.12. The Kier molecular flexibility index (Phi) is 4.99. The van der Waals surface area contributed by atoms with E-state index in [0.29, 0.717) is 24.8 Å². The Hall–Kier alpha value is -1.14. The van der Waals surface area contributed by atoms with Crippen LogP contribution < -0.4 is 5.32 Å². The minimum absolute atomic E-state index is 0.275. The van der Waals surface area contributed by atoms with Gasteiger partial charge in [-0.3, -0.25) is 0 Å². The van der Waals surface area contributed by atoms with Crippen LogP contribution in [0.25, 0.3) is 0 Å². The molecule has 0 aromatic carbocycles. The maximum Gasteiger partial charge on any atom is 0.246 e. The van der Waals surface area contributed by atoms with Crippen LogP contribution in [0.15, 0.2) is 23.2 Å². The third kappa shape index (κ3) is 3.12. The largest absolute Gasteiger partial charge is 0.372 e. The van der Waals surface area contributed by atoms with E-state index in [1.54, 1.807) is 29.7 Å². The zero-order chi connectivity index (χ0) is 14.6. The van der Waals surface area contributed by atoms with Crippen LogP contribution in [0.2, 0.25) is 0 Å². The molecule has 1 N–H and O–H groups in total. The molecular formula is C14H23N3O2S. The van der Waals surface area contributed by atoms with Gasteiger partial charge >= 0.3 is 0 Å². The van der Waals surface area contributed by atoms with Gasteiger partial charge in [0.1, 0.15) is 10.7 Å². The Morgan fingerprint density at radius 2 is 2.20 bits per heavy atom. The summed E-state index contributed by atoms with van der Waals surface area (Å²) in [6, 6.07) is 3.29. The van der Waals surface area contributed by atoms with Crippen molar-refractivity contribution in [2.45, 2.75) is 37.5 Å². The van der Waals surface area contributed by atoms with Crippen molar-refractivity contribution in [3.8, 4) is 0 Å². The highest BCUT2D eigenvalue weighted by Crippen LogP contribution is 2.27. The number of nitrogens with zero attached hydrogens (tertiary/aromatic N) is 2. The quantitative estimate of drug-likeness (QED) is 0.926. The van der Waals surface area contributed by atoms with E-state index in [4.69, 9.17) is 0 Å². The molecule has 5 nitrogen and oxygen atoms in total. The molecule has 1 aliphatic heterocycles. The molecule has 0 saturated carbocycles. The first kappa shape index (κ1) is 15.3. The Balaban J connectivity index is 2.26. The van der Waals surface area contributed by atoms with E-state index < -0.39 is 10.0 Å². The van der Waals surface area contributed by atoms with Gasteiger partial charge in [0.25, 0.3) is 0 Å². The molecule has 1 aromatic heterocycles. The van der Waals surface area contributed by atoms with Crippen LogP contribution in [0, 0.1) is 5.92 Å². The molecule has 1 aliphatic rings. The van der Waals surface area contributed by atoms with Crippen LogP contribution in [-0.4, -0.2) is 37.8 Å². The van der Waals surface area contributed by atoms with Crippen molar-refractivity contribution < 1.29 is 8.42 Å². The molecule has 0 spiro atoms. The summed E-state index contributed by atoms with van der Waals surface area (Å²) < 4.78 is 27.1. The van der Waals surface area contributed by atoms with Gasteiger partial charge in [-0.25, -0.2) is 13.4 Å². The highest BCUT2D eigenvalue weighted by Gasteiger charge is 2.29. The number of pyridine rings is 1. The summed E-state index contributed by atoms with van der Waals surface area (Å²) in [4.78, 5) is 4.37. The second-order valence-electron chi connectivity index (χ2n) is 5.21. The van der Waals surface area contributed by atoms with Crippen LogP contribution in [-0.2, 0) is 10.0 Å². The SMILES string of the molecule is CCC1CCCN(S(=O)(=O)c2cccnc2NC)CC1. The van der Waals surface area contributed by atoms with E-state index in [1.807, 2.05) is 0 Å². The first-order valence-corrected chi connectivity index (χ1v) is 8.66. The molecule has 0 radical (unpaired) electrons. The van der Waals surface area contributed by atoms with Gasteiger partial charge in [0.2, 0.25) is 10.0 Å². The topological polar surface area (TPSA) is 62.3 Å². The summed E-state index contributed by atoms with van der Waals surface area (Å²) >= 11 is 0. The maximum atomic E-state index is 12.8. The van der Waals surface area contributed by atoms with Crippen molar-refractivity contribution >= 4 is 15.8 Å². The van der Waals surface area contributed by atoms with Crippen LogP contribution in [0.4, 0.5) is 5.82 Å². The minimum Gasteiger partial charge on any atom is -0.372 e. The van der Waals surface area contributed by atoms with Gasteiger partial charge in [0.15, 0.2) is 0 Å². The summed E-state index contributed by atoms with van der Waals surface area (Å²) in [6.07, 6.45) is 5.73. The molecule has 1 atom stereocenters. The lowest BCUT2D eigenvalue weighted by Gasteiger charge is -2.21. The number of aromatic nitrogens is 1. The first-order valence-electron chi connectivity index (χ1n) is 7.22. The van der Waals surface area contributed by atoms with Crippen molar-refractivity contribution in [3.05, 3.63) is 18.3 Å². The third-order valence-corrected chi connectivity index (χ3v) is 5.94. The molecule has 6 heteroatoms. The van der Waals surface area contributed by atoms with Crippen LogP contribution in [0.1, 0.15) is 32.6 Å². The predicted octanol–water partition coefficient (Wildman–Crippen LogP) is 2.32. The maximum absolute atomic E-state index is 12.8. The molecule has 2 heterocycles. The summed E-state index contributed by atoms with van der Waals surface area (Å²) in [5.41, 5.74) is 0. The fourth-order valence-corrected chi connectivity index (χ4v) is 4.36. The van der Waals surface area contributed by atoms with E-state index >= 15 is 0 Å². The van der Waals surface area contributed by atoms with Crippen LogP contribution >= 0.6 is 0 Å². The van der Waals surface area contributed by atoms with Gasteiger partial charge in [-0.2, -0.15) is 4.31 Å². The van der Waals surface area contributed by atoms with E-state index in [1.165, 1.54) is 0 Å². The lowest BCUT2D eigenvalue weighted by Crippen LogP contribution is -2.32. The molecular weight excluding hydrogens is 274 g/mol. The molecule has 1 aromatic rings. The molecule has 2 rings (SSSR count). The number of rotatable bonds is 4. The van der Waals surface area contributed by atoms with Gasteiger partial charge in [0, 0.05) is 26.3 Å². The molecule has 0 bridgehead atoms. The van der Waals surface area contributed by atoms with E-state index in [0.717, 1.165) is 25.7 Å². The van der Waals surface area contributed by atoms with Crippen molar-refractivity contribution in [1.82, 2.24) is 9.29 Å². The van der Waals surface area contributed by atoms with Crippen molar-refractivity contribution in [3.63, 3.8) is 0 Å². The Labute approximate surface area is 121 Å². The smallest absolute Gasteiger partial charge is 0.246 e. The minimum atomic E-state index is -3.45. The number of anilines is 1. The van der Waals surface area contributed by atoms with Crippen LogP contribution in [0.5, 0.6) is 0 Å². The van der Waals surface area contributed by atoms with Gasteiger partial charge in [-0.15, -0.1) is 0 Å². The molecule has 1 saturated heterocycles. The van der Waals surface area contributed by atoms with Crippen molar-refractivity contribution in [2.75, 3.05) is 25.5 Å². The molecule has 0 aliphatic carbocycles. The molecule has 112 valence electrons. The van der Waals surface area contributed by atoms with Gasteiger partial charge in [0.05, 0.1) is 0 Å². The summed E-state index contributed by atoms with van der Waals surface area (Å²) in [5, 5.41) is 2.86. The van der Waals surface area contributed by atoms with Crippen molar-refractivity contribution in [1.29, 1.82) is 0 Å². The standard InChI is InChI=1S/C14H23N3O2S/c1-3-12-6-5-10-17(11-8-12)20(18,19)13-7-4-9-16-14(13)15-2/h4,7,9,12H,3,5-6,8,10-11H2,1-2H3,(H,15,16).